The Morgan fingerprint density at radius 3 is 2.55 bits per heavy atom. The summed E-state index contributed by atoms with van der Waals surface area (Å²) in [7, 11) is -3.74. The van der Waals surface area contributed by atoms with Crippen LogP contribution >= 0.6 is 0 Å². The van der Waals surface area contributed by atoms with Crippen molar-refractivity contribution < 1.29 is 17.2 Å². The van der Waals surface area contributed by atoms with Gasteiger partial charge in [0, 0.05) is 22.6 Å². The van der Waals surface area contributed by atoms with Crippen molar-refractivity contribution >= 4 is 26.6 Å². The van der Waals surface area contributed by atoms with Crippen LogP contribution in [0.2, 0.25) is 0 Å². The topological polar surface area (TPSA) is 92.7 Å². The molecule has 1 aliphatic heterocycles. The fourth-order valence-electron chi connectivity index (χ4n) is 4.35. The molecule has 0 bridgehead atoms. The van der Waals surface area contributed by atoms with Crippen molar-refractivity contribution in [3.63, 3.8) is 0 Å². The molecular formula is C21H19F2N5O2S. The standard InChI is InChI=1S/C21H19F2N5O2S/c1-10-12(13-5-11(22)6-17-14(13)8-25-28(17)31(4,29)30)7-16(23)20-18(10)19-15(9-24-27-19)21(2,3)26-20/h5-9,26H,1-4H3,(H,24,27). The Kier molecular flexibility index (Phi) is 3.89. The van der Waals surface area contributed by atoms with Crippen molar-refractivity contribution in [3.05, 3.63) is 53.4 Å². The number of anilines is 1. The molecule has 5 rings (SSSR count). The third kappa shape index (κ3) is 2.78. The molecule has 3 heterocycles. The summed E-state index contributed by atoms with van der Waals surface area (Å²) in [5, 5.41) is 14.7. The SMILES string of the molecule is Cc1c(-c2cc(F)cc3c2cnn3S(C)(=O)=O)cc(F)c2c1-c1[nH]ncc1C(C)(C)N2. The van der Waals surface area contributed by atoms with E-state index in [1.807, 2.05) is 20.8 Å². The molecular weight excluding hydrogens is 424 g/mol. The Morgan fingerprint density at radius 2 is 1.84 bits per heavy atom. The molecule has 2 aromatic carbocycles. The molecule has 0 radical (unpaired) electrons. The minimum Gasteiger partial charge on any atom is -0.373 e. The van der Waals surface area contributed by atoms with Gasteiger partial charge in [-0.25, -0.2) is 17.2 Å². The first-order valence-corrected chi connectivity index (χ1v) is 11.4. The zero-order valence-corrected chi connectivity index (χ0v) is 18.0. The van der Waals surface area contributed by atoms with Crippen LogP contribution in [0.5, 0.6) is 0 Å². The second kappa shape index (κ2) is 6.13. The lowest BCUT2D eigenvalue weighted by Crippen LogP contribution is -2.32. The molecule has 4 aromatic rings. The summed E-state index contributed by atoms with van der Waals surface area (Å²) in [6.45, 7) is 5.68. The maximum Gasteiger partial charge on any atom is 0.251 e. The third-order valence-corrected chi connectivity index (χ3v) is 6.68. The van der Waals surface area contributed by atoms with E-state index in [9.17, 15) is 12.8 Å². The van der Waals surface area contributed by atoms with Gasteiger partial charge in [0.15, 0.2) is 0 Å². The molecule has 160 valence electrons. The maximum absolute atomic E-state index is 15.3. The van der Waals surface area contributed by atoms with Gasteiger partial charge in [-0.1, -0.05) is 0 Å². The third-order valence-electron chi connectivity index (χ3n) is 5.76. The molecule has 0 atom stereocenters. The number of rotatable bonds is 2. The summed E-state index contributed by atoms with van der Waals surface area (Å²) < 4.78 is 54.7. The van der Waals surface area contributed by atoms with Gasteiger partial charge in [0.05, 0.1) is 41.1 Å². The van der Waals surface area contributed by atoms with E-state index in [2.05, 4.69) is 20.6 Å². The molecule has 7 nitrogen and oxygen atoms in total. The summed E-state index contributed by atoms with van der Waals surface area (Å²) in [6, 6.07) is 3.71. The number of nitrogens with zero attached hydrogens (tertiary/aromatic N) is 3. The van der Waals surface area contributed by atoms with Crippen LogP contribution in [0.25, 0.3) is 33.3 Å². The van der Waals surface area contributed by atoms with Gasteiger partial charge in [0.25, 0.3) is 10.0 Å². The molecule has 0 amide bonds. The van der Waals surface area contributed by atoms with Crippen molar-refractivity contribution in [2.75, 3.05) is 11.6 Å². The van der Waals surface area contributed by atoms with Crippen molar-refractivity contribution in [1.29, 1.82) is 0 Å². The average Bonchev–Trinajstić information content (AvgIpc) is 3.30. The van der Waals surface area contributed by atoms with Crippen LogP contribution in [0.1, 0.15) is 25.0 Å². The van der Waals surface area contributed by atoms with E-state index in [-0.39, 0.29) is 5.52 Å². The molecule has 0 aliphatic carbocycles. The van der Waals surface area contributed by atoms with Crippen LogP contribution in [-0.2, 0) is 15.6 Å². The molecule has 0 spiro atoms. The first-order chi connectivity index (χ1) is 14.5. The van der Waals surface area contributed by atoms with Crippen molar-refractivity contribution in [2.45, 2.75) is 26.3 Å². The fraction of sp³-hybridized carbons (Fsp3) is 0.238. The number of fused-ring (bicyclic) bond motifs is 4. The maximum atomic E-state index is 15.3. The Balaban J connectivity index is 1.84. The Bertz CT molecular complexity index is 1500. The highest BCUT2D eigenvalue weighted by molar-refractivity contribution is 7.89. The average molecular weight is 443 g/mol. The summed E-state index contributed by atoms with van der Waals surface area (Å²) in [5.74, 6) is -1.15. The summed E-state index contributed by atoms with van der Waals surface area (Å²) in [4.78, 5) is 0. The Labute approximate surface area is 177 Å². The minimum atomic E-state index is -3.74. The van der Waals surface area contributed by atoms with E-state index in [1.54, 1.807) is 6.20 Å². The predicted octanol–water partition coefficient (Wildman–Crippen LogP) is 4.15. The lowest BCUT2D eigenvalue weighted by Gasteiger charge is -2.35. The van der Waals surface area contributed by atoms with Gasteiger partial charge >= 0.3 is 0 Å². The number of benzene rings is 2. The van der Waals surface area contributed by atoms with Gasteiger partial charge in [0.1, 0.15) is 11.6 Å². The van der Waals surface area contributed by atoms with Gasteiger partial charge in [-0.3, -0.25) is 5.10 Å². The van der Waals surface area contributed by atoms with E-state index in [1.165, 1.54) is 18.3 Å². The van der Waals surface area contributed by atoms with E-state index in [0.717, 1.165) is 22.0 Å². The first kappa shape index (κ1) is 19.7. The molecule has 0 fully saturated rings. The van der Waals surface area contributed by atoms with Gasteiger partial charge in [-0.2, -0.15) is 14.3 Å². The lowest BCUT2D eigenvalue weighted by atomic mass is 9.83. The monoisotopic (exact) mass is 443 g/mol. The molecule has 0 unspecified atom stereocenters. The van der Waals surface area contributed by atoms with Gasteiger partial charge in [-0.05, 0) is 49.6 Å². The summed E-state index contributed by atoms with van der Waals surface area (Å²) in [5.41, 5.74) is 3.57. The largest absolute Gasteiger partial charge is 0.373 e. The molecule has 2 aromatic heterocycles. The number of aromatic amines is 1. The number of H-pyrrole nitrogens is 1. The minimum absolute atomic E-state index is 0.0940. The van der Waals surface area contributed by atoms with Gasteiger partial charge in [0.2, 0.25) is 0 Å². The normalized spacial score (nSPS) is 14.9. The van der Waals surface area contributed by atoms with Crippen LogP contribution in [0.4, 0.5) is 14.5 Å². The second-order valence-corrected chi connectivity index (χ2v) is 10.1. The summed E-state index contributed by atoms with van der Waals surface area (Å²) in [6.07, 6.45) is 4.04. The van der Waals surface area contributed by atoms with Crippen molar-refractivity contribution in [3.8, 4) is 22.4 Å². The van der Waals surface area contributed by atoms with Crippen LogP contribution in [-0.4, -0.2) is 34.1 Å². The number of aromatic nitrogens is 4. The van der Waals surface area contributed by atoms with Crippen LogP contribution in [0.15, 0.2) is 30.6 Å². The molecule has 1 aliphatic rings. The molecule has 2 N–H and O–H groups in total. The van der Waals surface area contributed by atoms with Gasteiger partial charge < -0.3 is 5.32 Å². The van der Waals surface area contributed by atoms with Crippen molar-refractivity contribution in [2.24, 2.45) is 0 Å². The van der Waals surface area contributed by atoms with Crippen LogP contribution in [0, 0.1) is 18.6 Å². The quantitative estimate of drug-likeness (QED) is 0.486. The van der Waals surface area contributed by atoms with Gasteiger partial charge in [-0.15, -0.1) is 0 Å². The number of nitrogens with one attached hydrogen (secondary N) is 2. The van der Waals surface area contributed by atoms with E-state index < -0.39 is 27.2 Å². The number of hydrogen-bond acceptors (Lipinski definition) is 5. The predicted molar refractivity (Wildman–Crippen MR) is 114 cm³/mol. The highest BCUT2D eigenvalue weighted by atomic mass is 32.2. The first-order valence-electron chi connectivity index (χ1n) is 9.53. The van der Waals surface area contributed by atoms with Crippen molar-refractivity contribution in [1.82, 2.24) is 19.4 Å². The Hall–Kier alpha value is -3.27. The molecule has 0 saturated carbocycles. The Morgan fingerprint density at radius 1 is 1.10 bits per heavy atom. The van der Waals surface area contributed by atoms with Crippen LogP contribution < -0.4 is 5.32 Å². The highest BCUT2D eigenvalue weighted by Crippen LogP contribution is 2.48. The number of hydrogen-bond donors (Lipinski definition) is 2. The zero-order valence-electron chi connectivity index (χ0n) is 17.2. The zero-order chi connectivity index (χ0) is 22.3. The van der Waals surface area contributed by atoms with E-state index in [4.69, 9.17) is 0 Å². The van der Waals surface area contributed by atoms with Crippen LogP contribution in [0.3, 0.4) is 0 Å². The summed E-state index contributed by atoms with van der Waals surface area (Å²) >= 11 is 0. The molecule has 31 heavy (non-hydrogen) atoms. The lowest BCUT2D eigenvalue weighted by molar-refractivity contribution is 0.579. The van der Waals surface area contributed by atoms with E-state index in [0.29, 0.717) is 39.0 Å². The van der Waals surface area contributed by atoms with E-state index >= 15 is 4.39 Å². The fourth-order valence-corrected chi connectivity index (χ4v) is 5.08. The molecule has 0 saturated heterocycles. The number of halogens is 2. The molecule has 10 heteroatoms. The smallest absolute Gasteiger partial charge is 0.251 e. The highest BCUT2D eigenvalue weighted by Gasteiger charge is 2.35. The second-order valence-electron chi connectivity index (χ2n) is 8.33.